The van der Waals surface area contributed by atoms with Gasteiger partial charge in [0.1, 0.15) is 0 Å². The number of aliphatic hydroxyl groups is 1. The highest BCUT2D eigenvalue weighted by atomic mass is 31.2. The van der Waals surface area contributed by atoms with E-state index in [0.717, 1.165) is 12.8 Å². The summed E-state index contributed by atoms with van der Waals surface area (Å²) in [6.07, 6.45) is 3.21. The normalized spacial score (nSPS) is 14.6. The second-order valence-corrected chi connectivity index (χ2v) is 7.06. The molecular weight excluding hydrogens is 351 g/mol. The van der Waals surface area contributed by atoms with E-state index in [1.807, 2.05) is 0 Å². The third-order valence-electron chi connectivity index (χ3n) is 3.47. The van der Waals surface area contributed by atoms with Crippen LogP contribution in [0.5, 0.6) is 0 Å². The van der Waals surface area contributed by atoms with Crippen LogP contribution in [0.3, 0.4) is 0 Å². The molecule has 0 aromatic heterocycles. The van der Waals surface area contributed by atoms with Gasteiger partial charge in [-0.3, -0.25) is 18.6 Å². The third kappa shape index (κ3) is 13.9. The number of phosphoric ester groups is 1. The van der Waals surface area contributed by atoms with Crippen molar-refractivity contribution in [3.63, 3.8) is 0 Å². The van der Waals surface area contributed by atoms with E-state index in [4.69, 9.17) is 4.52 Å². The Hall–Kier alpha value is -0.990. The fourth-order valence-electron chi connectivity index (χ4n) is 2.04. The average molecular weight is 382 g/mol. The molecule has 0 aliphatic rings. The summed E-state index contributed by atoms with van der Waals surface area (Å²) in [6, 6.07) is 0. The molecule has 0 aromatic carbocycles. The number of rotatable bonds is 15. The molecule has 0 spiro atoms. The molecule has 25 heavy (non-hydrogen) atoms. The van der Waals surface area contributed by atoms with E-state index in [9.17, 15) is 24.2 Å². The minimum absolute atomic E-state index is 0.0594. The van der Waals surface area contributed by atoms with Crippen LogP contribution in [0.2, 0.25) is 0 Å². The molecule has 2 amide bonds. The quantitative estimate of drug-likeness (QED) is 0.245. The van der Waals surface area contributed by atoms with Crippen molar-refractivity contribution >= 4 is 19.6 Å². The zero-order valence-electron chi connectivity index (χ0n) is 15.0. The number of carbonyl (C=O) groups is 2. The monoisotopic (exact) mass is 382 g/mol. The predicted molar refractivity (Wildman–Crippen MR) is 92.8 cm³/mol. The van der Waals surface area contributed by atoms with Gasteiger partial charge in [-0.2, -0.15) is 0 Å². The van der Waals surface area contributed by atoms with Crippen LogP contribution in [0.1, 0.15) is 45.4 Å². The highest BCUT2D eigenvalue weighted by Gasteiger charge is 2.22. The largest absolute Gasteiger partial charge is 0.472 e. The van der Waals surface area contributed by atoms with E-state index in [1.54, 1.807) is 14.0 Å². The van der Waals surface area contributed by atoms with Crippen molar-refractivity contribution < 1.29 is 33.2 Å². The molecule has 0 fully saturated rings. The lowest BCUT2D eigenvalue weighted by atomic mass is 10.0. The van der Waals surface area contributed by atoms with Gasteiger partial charge in [-0.25, -0.2) is 4.57 Å². The van der Waals surface area contributed by atoms with E-state index in [2.05, 4.69) is 15.2 Å². The van der Waals surface area contributed by atoms with Crippen LogP contribution in [-0.4, -0.2) is 55.2 Å². The minimum Gasteiger partial charge on any atom is -0.396 e. The lowest BCUT2D eigenvalue weighted by Gasteiger charge is -2.16. The second kappa shape index (κ2) is 14.2. The summed E-state index contributed by atoms with van der Waals surface area (Å²) in [5.74, 6) is -0.435. The van der Waals surface area contributed by atoms with E-state index in [-0.39, 0.29) is 37.6 Å². The van der Waals surface area contributed by atoms with Gasteiger partial charge in [-0.1, -0.05) is 6.42 Å². The Bertz CT molecular complexity index is 434. The molecule has 148 valence electrons. The topological polar surface area (TPSA) is 134 Å². The zero-order chi connectivity index (χ0) is 19.1. The molecule has 0 rings (SSSR count). The number of nitrogens with one attached hydrogen (secondary N) is 2. The predicted octanol–water partition coefficient (Wildman–Crippen LogP) is 0.951. The summed E-state index contributed by atoms with van der Waals surface area (Å²) in [4.78, 5) is 31.9. The van der Waals surface area contributed by atoms with Crippen LogP contribution in [0, 0.1) is 5.92 Å². The Balaban J connectivity index is 3.75. The summed E-state index contributed by atoms with van der Waals surface area (Å²) in [5, 5.41) is 14.5. The fraction of sp³-hybridized carbons (Fsp3) is 0.867. The van der Waals surface area contributed by atoms with Crippen molar-refractivity contribution in [2.24, 2.45) is 5.92 Å². The Morgan fingerprint density at radius 3 is 2.40 bits per heavy atom. The van der Waals surface area contributed by atoms with Crippen LogP contribution in [0.25, 0.3) is 0 Å². The molecule has 0 aromatic rings. The summed E-state index contributed by atoms with van der Waals surface area (Å²) in [5.41, 5.74) is 0. The number of unbranched alkanes of at least 4 members (excludes halogenated alkanes) is 1. The summed E-state index contributed by atoms with van der Waals surface area (Å²) in [6.45, 7) is 1.95. The Morgan fingerprint density at radius 2 is 1.80 bits per heavy atom. The van der Waals surface area contributed by atoms with E-state index in [0.29, 0.717) is 32.2 Å². The molecule has 0 heterocycles. The van der Waals surface area contributed by atoms with Gasteiger partial charge < -0.3 is 20.6 Å². The first-order valence-corrected chi connectivity index (χ1v) is 10.0. The maximum absolute atomic E-state index is 11.6. The number of phosphoric acid groups is 1. The standard InChI is InChI=1S/C15H31N2O7P/c1-3-23-25(21,22)24-12-13(11-18)7-4-5-10-17-15(20)9-6-8-14(19)16-2/h13,18H,3-12H2,1-2H3,(H,16,19)(H,17,20)(H,21,22). The second-order valence-electron chi connectivity index (χ2n) is 5.60. The van der Waals surface area contributed by atoms with Crippen LogP contribution in [-0.2, 0) is 23.2 Å². The van der Waals surface area contributed by atoms with E-state index < -0.39 is 7.82 Å². The molecule has 10 heteroatoms. The molecule has 0 saturated heterocycles. The number of aliphatic hydroxyl groups excluding tert-OH is 1. The number of hydrogen-bond donors (Lipinski definition) is 4. The molecule has 0 aliphatic carbocycles. The maximum Gasteiger partial charge on any atom is 0.472 e. The Morgan fingerprint density at radius 1 is 1.12 bits per heavy atom. The van der Waals surface area contributed by atoms with Crippen LogP contribution in [0.4, 0.5) is 0 Å². The van der Waals surface area contributed by atoms with Gasteiger partial charge in [0.2, 0.25) is 11.8 Å². The highest BCUT2D eigenvalue weighted by Crippen LogP contribution is 2.43. The van der Waals surface area contributed by atoms with Crippen molar-refractivity contribution in [2.75, 3.05) is 33.4 Å². The zero-order valence-corrected chi connectivity index (χ0v) is 15.9. The number of carbonyl (C=O) groups excluding carboxylic acids is 2. The first-order chi connectivity index (χ1) is 11.8. The highest BCUT2D eigenvalue weighted by molar-refractivity contribution is 7.47. The molecule has 0 saturated carbocycles. The Labute approximate surface area is 149 Å². The third-order valence-corrected chi connectivity index (χ3v) is 4.53. The molecule has 0 radical (unpaired) electrons. The number of amides is 2. The van der Waals surface area contributed by atoms with Gasteiger partial charge >= 0.3 is 7.82 Å². The van der Waals surface area contributed by atoms with Gasteiger partial charge in [-0.15, -0.1) is 0 Å². The summed E-state index contributed by atoms with van der Waals surface area (Å²) in [7, 11) is -2.48. The first kappa shape index (κ1) is 24.0. The first-order valence-electron chi connectivity index (χ1n) is 8.54. The van der Waals surface area contributed by atoms with Crippen molar-refractivity contribution in [2.45, 2.75) is 45.4 Å². The lowest BCUT2D eigenvalue weighted by molar-refractivity contribution is -0.122. The van der Waals surface area contributed by atoms with Crippen LogP contribution < -0.4 is 10.6 Å². The van der Waals surface area contributed by atoms with Gasteiger partial charge in [0, 0.05) is 39.0 Å². The van der Waals surface area contributed by atoms with E-state index in [1.165, 1.54) is 0 Å². The molecule has 0 bridgehead atoms. The molecule has 4 N–H and O–H groups in total. The van der Waals surface area contributed by atoms with Crippen molar-refractivity contribution in [1.29, 1.82) is 0 Å². The van der Waals surface area contributed by atoms with Gasteiger partial charge in [0.15, 0.2) is 0 Å². The van der Waals surface area contributed by atoms with Gasteiger partial charge in [0.25, 0.3) is 0 Å². The number of hydrogen-bond acceptors (Lipinski definition) is 6. The smallest absolute Gasteiger partial charge is 0.396 e. The summed E-state index contributed by atoms with van der Waals surface area (Å²) < 4.78 is 20.8. The van der Waals surface area contributed by atoms with Crippen molar-refractivity contribution in [3.05, 3.63) is 0 Å². The molecule has 2 atom stereocenters. The maximum atomic E-state index is 11.6. The lowest BCUT2D eigenvalue weighted by Crippen LogP contribution is -2.25. The van der Waals surface area contributed by atoms with Gasteiger partial charge in [0.05, 0.1) is 13.2 Å². The Kier molecular flexibility index (Phi) is 13.6. The molecule has 9 nitrogen and oxygen atoms in total. The molecular formula is C15H31N2O7P. The van der Waals surface area contributed by atoms with Crippen molar-refractivity contribution in [3.8, 4) is 0 Å². The molecule has 2 unspecified atom stereocenters. The van der Waals surface area contributed by atoms with Crippen LogP contribution in [0.15, 0.2) is 0 Å². The molecule has 0 aliphatic heterocycles. The SMILES string of the molecule is CCOP(=O)(O)OCC(CO)CCCCNC(=O)CCCC(=O)NC. The summed E-state index contributed by atoms with van der Waals surface area (Å²) >= 11 is 0. The minimum atomic E-state index is -4.03. The average Bonchev–Trinajstić information content (AvgIpc) is 2.57. The van der Waals surface area contributed by atoms with E-state index >= 15 is 0 Å². The van der Waals surface area contributed by atoms with Gasteiger partial charge in [-0.05, 0) is 26.2 Å². The fourth-order valence-corrected chi connectivity index (χ4v) is 2.84. The van der Waals surface area contributed by atoms with Crippen LogP contribution >= 0.6 is 7.82 Å². The van der Waals surface area contributed by atoms with Crippen molar-refractivity contribution in [1.82, 2.24) is 10.6 Å².